The molecule has 2 N–H and O–H groups in total. The van der Waals surface area contributed by atoms with Gasteiger partial charge in [-0.3, -0.25) is 4.99 Å². The third-order valence-corrected chi connectivity index (χ3v) is 5.69. The number of urea groups is 1. The van der Waals surface area contributed by atoms with Gasteiger partial charge in [0.05, 0.1) is 6.54 Å². The van der Waals surface area contributed by atoms with Crippen molar-refractivity contribution >= 4 is 30.0 Å². The lowest BCUT2D eigenvalue weighted by atomic mass is 9.93. The Morgan fingerprint density at radius 3 is 2.48 bits per heavy atom. The number of nitrogens with one attached hydrogen (secondary N) is 2. The summed E-state index contributed by atoms with van der Waals surface area (Å²) in [7, 11) is 4.12. The summed E-state index contributed by atoms with van der Waals surface area (Å²) in [6.45, 7) is 5.67. The maximum absolute atomic E-state index is 12.4. The van der Waals surface area contributed by atoms with Gasteiger partial charge in [-0.15, -0.1) is 0 Å². The SMILES string of the molecule is C=NCc1cccc(-c2ccc(C(CCN(C)C)CNC(=O)Nc3cccc(Cl)c3)cc2)c1. The maximum Gasteiger partial charge on any atom is 0.319 e. The summed E-state index contributed by atoms with van der Waals surface area (Å²) in [5, 5.41) is 6.44. The van der Waals surface area contributed by atoms with E-state index in [2.05, 4.69) is 83.8 Å². The Bertz CT molecular complexity index is 1070. The standard InChI is InChI=1S/C27H31ClN4O/c1-29-18-20-6-4-7-23(16-20)21-10-12-22(13-11-21)24(14-15-32(2)3)19-30-27(33)31-26-9-5-8-25(28)17-26/h4-13,16-17,24H,1,14-15,18-19H2,2-3H3,(H2,30,31,33). The molecular weight excluding hydrogens is 432 g/mol. The molecular formula is C27H31ClN4O. The van der Waals surface area contributed by atoms with E-state index in [-0.39, 0.29) is 11.9 Å². The summed E-state index contributed by atoms with van der Waals surface area (Å²) in [5.41, 5.74) is 5.33. The first-order valence-electron chi connectivity index (χ1n) is 11.0. The Morgan fingerprint density at radius 2 is 1.79 bits per heavy atom. The van der Waals surface area contributed by atoms with E-state index in [4.69, 9.17) is 11.6 Å². The van der Waals surface area contributed by atoms with Crippen LogP contribution in [-0.4, -0.2) is 44.8 Å². The molecule has 0 fully saturated rings. The van der Waals surface area contributed by atoms with Crippen molar-refractivity contribution in [3.8, 4) is 11.1 Å². The number of carbonyl (C=O) groups is 1. The third-order valence-electron chi connectivity index (χ3n) is 5.45. The van der Waals surface area contributed by atoms with Crippen LogP contribution in [-0.2, 0) is 6.54 Å². The summed E-state index contributed by atoms with van der Waals surface area (Å²) >= 11 is 6.00. The molecule has 2 amide bonds. The van der Waals surface area contributed by atoms with Gasteiger partial charge in [-0.1, -0.05) is 60.1 Å². The number of halogens is 1. The predicted octanol–water partition coefficient (Wildman–Crippen LogP) is 6.06. The molecule has 3 aromatic carbocycles. The second-order valence-electron chi connectivity index (χ2n) is 8.34. The van der Waals surface area contributed by atoms with Crippen molar-refractivity contribution in [1.82, 2.24) is 10.2 Å². The number of rotatable bonds is 10. The second kappa shape index (κ2) is 12.2. The van der Waals surface area contributed by atoms with Gasteiger partial charge in [0.25, 0.3) is 0 Å². The summed E-state index contributed by atoms with van der Waals surface area (Å²) in [4.78, 5) is 18.6. The van der Waals surface area contributed by atoms with Crippen LogP contribution in [0.2, 0.25) is 5.02 Å². The number of anilines is 1. The molecule has 3 aromatic rings. The zero-order valence-electron chi connectivity index (χ0n) is 19.2. The van der Waals surface area contributed by atoms with Gasteiger partial charge in [0.2, 0.25) is 0 Å². The number of nitrogens with zero attached hydrogens (tertiary/aromatic N) is 2. The van der Waals surface area contributed by atoms with E-state index in [0.29, 0.717) is 23.8 Å². The monoisotopic (exact) mass is 462 g/mol. The van der Waals surface area contributed by atoms with Crippen molar-refractivity contribution in [2.75, 3.05) is 32.5 Å². The van der Waals surface area contributed by atoms with E-state index in [1.54, 1.807) is 12.1 Å². The lowest BCUT2D eigenvalue weighted by Gasteiger charge is -2.21. The molecule has 0 heterocycles. The van der Waals surface area contributed by atoms with Crippen LogP contribution in [0.25, 0.3) is 11.1 Å². The minimum absolute atomic E-state index is 0.197. The minimum atomic E-state index is -0.239. The average molecular weight is 463 g/mol. The minimum Gasteiger partial charge on any atom is -0.337 e. The first kappa shape index (κ1) is 24.5. The lowest BCUT2D eigenvalue weighted by Crippen LogP contribution is -2.33. The summed E-state index contributed by atoms with van der Waals surface area (Å²) in [6, 6.07) is 23.8. The highest BCUT2D eigenvalue weighted by Crippen LogP contribution is 2.25. The van der Waals surface area contributed by atoms with Crippen LogP contribution in [0.15, 0.2) is 77.8 Å². The Labute approximate surface area is 201 Å². The van der Waals surface area contributed by atoms with Gasteiger partial charge in [-0.25, -0.2) is 4.79 Å². The summed E-state index contributed by atoms with van der Waals surface area (Å²) in [5.74, 6) is 0.197. The van der Waals surface area contributed by atoms with Gasteiger partial charge in [0, 0.05) is 23.2 Å². The Hall–Kier alpha value is -3.15. The molecule has 3 rings (SSSR count). The van der Waals surface area contributed by atoms with Crippen molar-refractivity contribution in [2.45, 2.75) is 18.9 Å². The lowest BCUT2D eigenvalue weighted by molar-refractivity contribution is 0.251. The fourth-order valence-electron chi connectivity index (χ4n) is 3.68. The van der Waals surface area contributed by atoms with E-state index in [9.17, 15) is 4.79 Å². The molecule has 0 radical (unpaired) electrons. The fourth-order valence-corrected chi connectivity index (χ4v) is 3.87. The largest absolute Gasteiger partial charge is 0.337 e. The van der Waals surface area contributed by atoms with Crippen molar-refractivity contribution < 1.29 is 4.79 Å². The number of hydrogen-bond acceptors (Lipinski definition) is 3. The smallest absolute Gasteiger partial charge is 0.319 e. The van der Waals surface area contributed by atoms with Gasteiger partial charge >= 0.3 is 6.03 Å². The number of benzene rings is 3. The highest BCUT2D eigenvalue weighted by Gasteiger charge is 2.14. The molecule has 0 aliphatic rings. The normalized spacial score (nSPS) is 11.8. The number of aliphatic imine (C=N–C) groups is 1. The fraction of sp³-hybridized carbons (Fsp3) is 0.259. The highest BCUT2D eigenvalue weighted by atomic mass is 35.5. The zero-order chi connectivity index (χ0) is 23.6. The van der Waals surface area contributed by atoms with Gasteiger partial charge in [-0.05, 0) is 80.3 Å². The number of carbonyl (C=O) groups excluding carboxylic acids is 1. The molecule has 0 saturated carbocycles. The first-order chi connectivity index (χ1) is 15.9. The van der Waals surface area contributed by atoms with Crippen LogP contribution in [0, 0.1) is 0 Å². The Morgan fingerprint density at radius 1 is 1.03 bits per heavy atom. The molecule has 6 heteroatoms. The van der Waals surface area contributed by atoms with Crippen molar-refractivity contribution in [3.05, 3.63) is 88.9 Å². The Kier molecular flexibility index (Phi) is 9.04. The molecule has 172 valence electrons. The first-order valence-corrected chi connectivity index (χ1v) is 11.4. The molecule has 0 saturated heterocycles. The molecule has 0 aromatic heterocycles. The van der Waals surface area contributed by atoms with Crippen LogP contribution < -0.4 is 10.6 Å². The zero-order valence-corrected chi connectivity index (χ0v) is 20.0. The quantitative estimate of drug-likeness (QED) is 0.359. The molecule has 0 spiro atoms. The van der Waals surface area contributed by atoms with E-state index < -0.39 is 0 Å². The van der Waals surface area contributed by atoms with E-state index in [1.165, 1.54) is 5.56 Å². The van der Waals surface area contributed by atoms with Gasteiger partial charge in [0.1, 0.15) is 0 Å². The van der Waals surface area contributed by atoms with Crippen LogP contribution in [0.4, 0.5) is 10.5 Å². The van der Waals surface area contributed by atoms with Crippen molar-refractivity contribution in [2.24, 2.45) is 4.99 Å². The van der Waals surface area contributed by atoms with Crippen LogP contribution in [0.1, 0.15) is 23.5 Å². The van der Waals surface area contributed by atoms with E-state index in [1.807, 2.05) is 18.2 Å². The van der Waals surface area contributed by atoms with E-state index in [0.717, 1.165) is 29.7 Å². The van der Waals surface area contributed by atoms with Gasteiger partial charge < -0.3 is 15.5 Å². The molecule has 1 atom stereocenters. The summed E-state index contributed by atoms with van der Waals surface area (Å²) in [6.07, 6.45) is 0.935. The number of amides is 2. The van der Waals surface area contributed by atoms with Gasteiger partial charge in [-0.2, -0.15) is 0 Å². The Balaban J connectivity index is 1.68. The highest BCUT2D eigenvalue weighted by molar-refractivity contribution is 6.30. The maximum atomic E-state index is 12.4. The molecule has 0 aliphatic heterocycles. The molecule has 1 unspecified atom stereocenters. The van der Waals surface area contributed by atoms with Crippen LogP contribution >= 0.6 is 11.6 Å². The van der Waals surface area contributed by atoms with E-state index >= 15 is 0 Å². The number of hydrogen-bond donors (Lipinski definition) is 2. The molecule has 33 heavy (non-hydrogen) atoms. The van der Waals surface area contributed by atoms with Crippen LogP contribution in [0.3, 0.4) is 0 Å². The molecule has 0 aliphatic carbocycles. The predicted molar refractivity (Wildman–Crippen MR) is 140 cm³/mol. The molecule has 0 bridgehead atoms. The second-order valence-corrected chi connectivity index (χ2v) is 8.77. The van der Waals surface area contributed by atoms with Gasteiger partial charge in [0.15, 0.2) is 0 Å². The van der Waals surface area contributed by atoms with Crippen molar-refractivity contribution in [1.29, 1.82) is 0 Å². The topological polar surface area (TPSA) is 56.7 Å². The average Bonchev–Trinajstić information content (AvgIpc) is 2.79. The molecule has 5 nitrogen and oxygen atoms in total. The third kappa shape index (κ3) is 7.74. The van der Waals surface area contributed by atoms with Crippen molar-refractivity contribution in [3.63, 3.8) is 0 Å². The summed E-state index contributed by atoms with van der Waals surface area (Å²) < 4.78 is 0. The van der Waals surface area contributed by atoms with Crippen LogP contribution in [0.5, 0.6) is 0 Å².